The van der Waals surface area contributed by atoms with Crippen molar-refractivity contribution in [1.29, 1.82) is 0 Å². The smallest absolute Gasteiger partial charge is 0.253 e. The molecule has 4 nitrogen and oxygen atoms in total. The van der Waals surface area contributed by atoms with Gasteiger partial charge in [-0.15, -0.1) is 0 Å². The van der Waals surface area contributed by atoms with Crippen molar-refractivity contribution >= 4 is 5.91 Å². The van der Waals surface area contributed by atoms with Gasteiger partial charge in [0.2, 0.25) is 0 Å². The fourth-order valence-electron chi connectivity index (χ4n) is 1.63. The standard InChI is InChI=1S/C12H17NO3/c1-4-8-6-5-7-9(11(8)16-3)10(14)12(15)13-2/h5-7,10,14H,4H2,1-3H3,(H,13,15). The van der Waals surface area contributed by atoms with E-state index >= 15 is 0 Å². The molecule has 0 saturated carbocycles. The fraction of sp³-hybridized carbons (Fsp3) is 0.417. The van der Waals surface area contributed by atoms with Crippen LogP contribution in [0.15, 0.2) is 18.2 Å². The molecule has 0 aliphatic rings. The number of methoxy groups -OCH3 is 1. The Morgan fingerprint density at radius 3 is 2.75 bits per heavy atom. The summed E-state index contributed by atoms with van der Waals surface area (Å²) >= 11 is 0. The van der Waals surface area contributed by atoms with Crippen LogP contribution in [0.2, 0.25) is 0 Å². The first-order valence-corrected chi connectivity index (χ1v) is 5.21. The van der Waals surface area contributed by atoms with Crippen molar-refractivity contribution in [3.05, 3.63) is 29.3 Å². The molecule has 1 aromatic rings. The van der Waals surface area contributed by atoms with E-state index in [-0.39, 0.29) is 0 Å². The van der Waals surface area contributed by atoms with Gasteiger partial charge in [-0.3, -0.25) is 4.79 Å². The van der Waals surface area contributed by atoms with Crippen LogP contribution in [0.1, 0.15) is 24.2 Å². The Balaban J connectivity index is 3.17. The van der Waals surface area contributed by atoms with Gasteiger partial charge in [0.05, 0.1) is 7.11 Å². The molecule has 16 heavy (non-hydrogen) atoms. The summed E-state index contributed by atoms with van der Waals surface area (Å²) < 4.78 is 5.24. The lowest BCUT2D eigenvalue weighted by molar-refractivity contribution is -0.129. The van der Waals surface area contributed by atoms with Crippen molar-refractivity contribution < 1.29 is 14.6 Å². The number of ether oxygens (including phenoxy) is 1. The van der Waals surface area contributed by atoms with E-state index in [1.165, 1.54) is 14.2 Å². The van der Waals surface area contributed by atoms with Crippen molar-refractivity contribution in [3.63, 3.8) is 0 Å². The Morgan fingerprint density at radius 1 is 1.56 bits per heavy atom. The highest BCUT2D eigenvalue weighted by Crippen LogP contribution is 2.29. The average Bonchev–Trinajstić information content (AvgIpc) is 2.35. The lowest BCUT2D eigenvalue weighted by Crippen LogP contribution is -2.25. The summed E-state index contributed by atoms with van der Waals surface area (Å²) in [6.07, 6.45) is -0.399. The van der Waals surface area contributed by atoms with Gasteiger partial charge in [-0.1, -0.05) is 25.1 Å². The maximum atomic E-state index is 11.4. The van der Waals surface area contributed by atoms with Crippen molar-refractivity contribution in [2.45, 2.75) is 19.4 Å². The molecule has 0 aliphatic carbocycles. The van der Waals surface area contributed by atoms with Gasteiger partial charge in [-0.2, -0.15) is 0 Å². The van der Waals surface area contributed by atoms with Crippen molar-refractivity contribution in [2.24, 2.45) is 0 Å². The summed E-state index contributed by atoms with van der Waals surface area (Å²) in [5, 5.41) is 12.2. The molecule has 1 rings (SSSR count). The second-order valence-electron chi connectivity index (χ2n) is 3.41. The molecule has 0 radical (unpaired) electrons. The quantitative estimate of drug-likeness (QED) is 0.801. The minimum atomic E-state index is -1.19. The Hall–Kier alpha value is -1.55. The number of carbonyl (C=O) groups excluding carboxylic acids is 1. The zero-order valence-electron chi connectivity index (χ0n) is 9.78. The zero-order valence-corrected chi connectivity index (χ0v) is 9.78. The van der Waals surface area contributed by atoms with Crippen LogP contribution in [0.25, 0.3) is 0 Å². The van der Waals surface area contributed by atoms with E-state index < -0.39 is 12.0 Å². The molecule has 2 N–H and O–H groups in total. The number of aryl methyl sites for hydroxylation is 1. The average molecular weight is 223 g/mol. The molecule has 1 aromatic carbocycles. The second kappa shape index (κ2) is 5.51. The molecular formula is C12H17NO3. The molecule has 4 heteroatoms. The SMILES string of the molecule is CCc1cccc(C(O)C(=O)NC)c1OC. The highest BCUT2D eigenvalue weighted by atomic mass is 16.5. The van der Waals surface area contributed by atoms with Crippen LogP contribution in [-0.2, 0) is 11.2 Å². The summed E-state index contributed by atoms with van der Waals surface area (Å²) in [6.45, 7) is 1.99. The number of aliphatic hydroxyl groups excluding tert-OH is 1. The van der Waals surface area contributed by atoms with E-state index in [1.807, 2.05) is 19.1 Å². The number of para-hydroxylation sites is 1. The first kappa shape index (κ1) is 12.5. The number of likely N-dealkylation sites (N-methyl/N-ethyl adjacent to an activating group) is 1. The Labute approximate surface area is 95.2 Å². The van der Waals surface area contributed by atoms with E-state index in [0.717, 1.165) is 12.0 Å². The number of carbonyl (C=O) groups is 1. The molecule has 0 fully saturated rings. The lowest BCUT2D eigenvalue weighted by atomic mass is 10.0. The molecule has 0 aromatic heterocycles. The number of hydrogen-bond donors (Lipinski definition) is 2. The van der Waals surface area contributed by atoms with E-state index in [2.05, 4.69) is 5.32 Å². The predicted molar refractivity (Wildman–Crippen MR) is 61.4 cm³/mol. The highest BCUT2D eigenvalue weighted by molar-refractivity contribution is 5.82. The normalized spacial score (nSPS) is 12.0. The van der Waals surface area contributed by atoms with Crippen LogP contribution < -0.4 is 10.1 Å². The summed E-state index contributed by atoms with van der Waals surface area (Å²) in [5.74, 6) is 0.146. The van der Waals surface area contributed by atoms with Gasteiger partial charge in [0.25, 0.3) is 5.91 Å². The number of benzene rings is 1. The van der Waals surface area contributed by atoms with Crippen LogP contribution in [0.4, 0.5) is 0 Å². The van der Waals surface area contributed by atoms with E-state index in [4.69, 9.17) is 4.74 Å². The number of nitrogens with one attached hydrogen (secondary N) is 1. The maximum absolute atomic E-state index is 11.4. The highest BCUT2D eigenvalue weighted by Gasteiger charge is 2.21. The van der Waals surface area contributed by atoms with E-state index in [0.29, 0.717) is 11.3 Å². The van der Waals surface area contributed by atoms with Gasteiger partial charge in [-0.25, -0.2) is 0 Å². The third kappa shape index (κ3) is 2.33. The van der Waals surface area contributed by atoms with Crippen LogP contribution >= 0.6 is 0 Å². The number of rotatable bonds is 4. The molecule has 0 aliphatic heterocycles. The van der Waals surface area contributed by atoms with Gasteiger partial charge in [0.1, 0.15) is 5.75 Å². The molecule has 88 valence electrons. The lowest BCUT2D eigenvalue weighted by Gasteiger charge is -2.16. The Kier molecular flexibility index (Phi) is 4.31. The minimum Gasteiger partial charge on any atom is -0.496 e. The molecule has 1 unspecified atom stereocenters. The first-order chi connectivity index (χ1) is 7.65. The monoisotopic (exact) mass is 223 g/mol. The van der Waals surface area contributed by atoms with Gasteiger partial charge >= 0.3 is 0 Å². The summed E-state index contributed by atoms with van der Waals surface area (Å²) in [7, 11) is 3.02. The van der Waals surface area contributed by atoms with E-state index in [1.54, 1.807) is 6.07 Å². The third-order valence-electron chi connectivity index (χ3n) is 2.50. The van der Waals surface area contributed by atoms with Gasteiger partial charge in [0, 0.05) is 12.6 Å². The van der Waals surface area contributed by atoms with Gasteiger partial charge < -0.3 is 15.2 Å². The number of hydrogen-bond acceptors (Lipinski definition) is 3. The summed E-state index contributed by atoms with van der Waals surface area (Å²) in [6, 6.07) is 5.42. The Bertz CT molecular complexity index is 377. The van der Waals surface area contributed by atoms with Crippen molar-refractivity contribution in [3.8, 4) is 5.75 Å². The van der Waals surface area contributed by atoms with Crippen molar-refractivity contribution in [1.82, 2.24) is 5.32 Å². The summed E-state index contributed by atoms with van der Waals surface area (Å²) in [4.78, 5) is 11.4. The summed E-state index contributed by atoms with van der Waals surface area (Å²) in [5.41, 5.74) is 1.48. The molecule has 0 spiro atoms. The third-order valence-corrected chi connectivity index (χ3v) is 2.50. The van der Waals surface area contributed by atoms with Crippen LogP contribution in [-0.4, -0.2) is 25.2 Å². The maximum Gasteiger partial charge on any atom is 0.253 e. The zero-order chi connectivity index (χ0) is 12.1. The molecule has 0 saturated heterocycles. The Morgan fingerprint density at radius 2 is 2.25 bits per heavy atom. The molecular weight excluding hydrogens is 206 g/mol. The van der Waals surface area contributed by atoms with Gasteiger partial charge in [0.15, 0.2) is 6.10 Å². The fourth-order valence-corrected chi connectivity index (χ4v) is 1.63. The predicted octanol–water partition coefficient (Wildman–Crippen LogP) is 1.04. The van der Waals surface area contributed by atoms with Crippen LogP contribution in [0, 0.1) is 0 Å². The van der Waals surface area contributed by atoms with Crippen molar-refractivity contribution in [2.75, 3.05) is 14.2 Å². The molecule has 0 heterocycles. The molecule has 1 amide bonds. The number of aliphatic hydroxyl groups is 1. The minimum absolute atomic E-state index is 0.438. The second-order valence-corrected chi connectivity index (χ2v) is 3.41. The van der Waals surface area contributed by atoms with Crippen LogP contribution in [0.5, 0.6) is 5.75 Å². The topological polar surface area (TPSA) is 58.6 Å². The van der Waals surface area contributed by atoms with E-state index in [9.17, 15) is 9.90 Å². The molecule has 1 atom stereocenters. The van der Waals surface area contributed by atoms with Crippen LogP contribution in [0.3, 0.4) is 0 Å². The first-order valence-electron chi connectivity index (χ1n) is 5.21. The molecule has 0 bridgehead atoms. The largest absolute Gasteiger partial charge is 0.496 e. The number of amides is 1. The van der Waals surface area contributed by atoms with Gasteiger partial charge in [-0.05, 0) is 12.0 Å².